The quantitative estimate of drug-likeness (QED) is 0.917. The molecule has 1 aliphatic rings. The van der Waals surface area contributed by atoms with Gasteiger partial charge in [0, 0.05) is 17.1 Å². The molecule has 1 atom stereocenters. The molecule has 20 heavy (non-hydrogen) atoms. The van der Waals surface area contributed by atoms with Gasteiger partial charge in [-0.05, 0) is 53.4 Å². The predicted molar refractivity (Wildman–Crippen MR) is 75.0 cm³/mol. The minimum absolute atomic E-state index is 0.0510. The van der Waals surface area contributed by atoms with Gasteiger partial charge in [-0.15, -0.1) is 0 Å². The van der Waals surface area contributed by atoms with Gasteiger partial charge < -0.3 is 10.0 Å². The summed E-state index contributed by atoms with van der Waals surface area (Å²) in [5, 5.41) is 8.93. The van der Waals surface area contributed by atoms with Crippen molar-refractivity contribution < 1.29 is 19.1 Å². The predicted octanol–water partition coefficient (Wildman–Crippen LogP) is 3.06. The first kappa shape index (κ1) is 15.0. The van der Waals surface area contributed by atoms with Crippen LogP contribution in [0.4, 0.5) is 4.39 Å². The van der Waals surface area contributed by atoms with Crippen molar-refractivity contribution in [2.75, 3.05) is 6.54 Å². The summed E-state index contributed by atoms with van der Waals surface area (Å²) in [4.78, 5) is 25.0. The van der Waals surface area contributed by atoms with Gasteiger partial charge in [0.1, 0.15) is 5.82 Å². The van der Waals surface area contributed by atoms with Crippen molar-refractivity contribution in [1.29, 1.82) is 0 Å². The zero-order chi connectivity index (χ0) is 14.7. The molecule has 4 nitrogen and oxygen atoms in total. The highest BCUT2D eigenvalue weighted by molar-refractivity contribution is 9.10. The number of nitrogens with zero attached hydrogens (tertiary/aromatic N) is 1. The van der Waals surface area contributed by atoms with Gasteiger partial charge in [-0.1, -0.05) is 0 Å². The molecule has 0 aromatic heterocycles. The van der Waals surface area contributed by atoms with Crippen LogP contribution < -0.4 is 0 Å². The number of halogens is 2. The van der Waals surface area contributed by atoms with Crippen LogP contribution in [0, 0.1) is 5.82 Å². The molecular formula is C14H15BrFNO3. The summed E-state index contributed by atoms with van der Waals surface area (Å²) in [6, 6.07) is 3.61. The molecule has 2 rings (SSSR count). The van der Waals surface area contributed by atoms with Crippen molar-refractivity contribution in [3.63, 3.8) is 0 Å². The number of likely N-dealkylation sites (tertiary alicyclic amines) is 1. The number of hydrogen-bond donors (Lipinski definition) is 1. The number of carbonyl (C=O) groups excluding carboxylic acids is 1. The SMILES string of the molecule is O=C(O)CC1CCCCN1C(=O)c1ccc(F)cc1Br. The molecule has 108 valence electrons. The summed E-state index contributed by atoms with van der Waals surface area (Å²) in [6.07, 6.45) is 2.42. The van der Waals surface area contributed by atoms with Crippen molar-refractivity contribution in [2.45, 2.75) is 31.7 Å². The molecule has 6 heteroatoms. The minimum Gasteiger partial charge on any atom is -0.481 e. The Bertz CT molecular complexity index is 535. The molecule has 0 radical (unpaired) electrons. The molecule has 1 aliphatic heterocycles. The van der Waals surface area contributed by atoms with Crippen molar-refractivity contribution in [2.24, 2.45) is 0 Å². The van der Waals surface area contributed by atoms with Gasteiger partial charge in [0.05, 0.1) is 12.0 Å². The molecule has 1 saturated heterocycles. The van der Waals surface area contributed by atoms with Crippen LogP contribution in [0.1, 0.15) is 36.0 Å². The Labute approximate surface area is 124 Å². The van der Waals surface area contributed by atoms with Crippen LogP contribution in [0.2, 0.25) is 0 Å². The topological polar surface area (TPSA) is 57.6 Å². The molecule has 1 aromatic carbocycles. The fraction of sp³-hybridized carbons (Fsp3) is 0.429. The zero-order valence-corrected chi connectivity index (χ0v) is 12.4. The Morgan fingerprint density at radius 1 is 1.40 bits per heavy atom. The lowest BCUT2D eigenvalue weighted by molar-refractivity contribution is -0.138. The molecule has 1 heterocycles. The van der Waals surface area contributed by atoms with E-state index in [0.29, 0.717) is 23.0 Å². The van der Waals surface area contributed by atoms with E-state index in [1.54, 1.807) is 4.90 Å². The smallest absolute Gasteiger partial charge is 0.305 e. The maximum atomic E-state index is 13.1. The summed E-state index contributed by atoms with van der Waals surface area (Å²) in [5.41, 5.74) is 0.365. The van der Waals surface area contributed by atoms with Crippen LogP contribution in [-0.2, 0) is 4.79 Å². The summed E-state index contributed by atoms with van der Waals surface area (Å²) < 4.78 is 13.5. The lowest BCUT2D eigenvalue weighted by Gasteiger charge is -2.35. The molecule has 0 saturated carbocycles. The van der Waals surface area contributed by atoms with Crippen LogP contribution >= 0.6 is 15.9 Å². The molecule has 0 bridgehead atoms. The molecular weight excluding hydrogens is 329 g/mol. The lowest BCUT2D eigenvalue weighted by atomic mass is 9.98. The fourth-order valence-electron chi connectivity index (χ4n) is 2.50. The molecule has 1 amide bonds. The Morgan fingerprint density at radius 3 is 2.80 bits per heavy atom. The van der Waals surface area contributed by atoms with E-state index in [-0.39, 0.29) is 18.4 Å². The number of carboxylic acids is 1. The molecule has 1 aromatic rings. The van der Waals surface area contributed by atoms with Gasteiger partial charge in [-0.2, -0.15) is 0 Å². The van der Waals surface area contributed by atoms with Crippen LogP contribution in [0.3, 0.4) is 0 Å². The van der Waals surface area contributed by atoms with Crippen LogP contribution in [-0.4, -0.2) is 34.5 Å². The summed E-state index contributed by atoms with van der Waals surface area (Å²) >= 11 is 3.18. The van der Waals surface area contributed by atoms with E-state index >= 15 is 0 Å². The monoisotopic (exact) mass is 343 g/mol. The number of amides is 1. The molecule has 1 N–H and O–H groups in total. The third kappa shape index (κ3) is 3.36. The van der Waals surface area contributed by atoms with Gasteiger partial charge in [0.15, 0.2) is 0 Å². The van der Waals surface area contributed by atoms with Crippen LogP contribution in [0.15, 0.2) is 22.7 Å². The zero-order valence-electron chi connectivity index (χ0n) is 10.8. The summed E-state index contributed by atoms with van der Waals surface area (Å²) in [5.74, 6) is -1.58. The Morgan fingerprint density at radius 2 is 2.15 bits per heavy atom. The van der Waals surface area contributed by atoms with E-state index in [1.807, 2.05) is 0 Å². The second kappa shape index (κ2) is 6.35. The molecule has 1 unspecified atom stereocenters. The number of hydrogen-bond acceptors (Lipinski definition) is 2. The number of piperidine rings is 1. The third-order valence-electron chi connectivity index (χ3n) is 3.46. The van der Waals surface area contributed by atoms with Gasteiger partial charge in [0.2, 0.25) is 0 Å². The van der Waals surface area contributed by atoms with Gasteiger partial charge in [-0.3, -0.25) is 9.59 Å². The fourth-order valence-corrected chi connectivity index (χ4v) is 3.02. The van der Waals surface area contributed by atoms with E-state index in [2.05, 4.69) is 15.9 Å². The average Bonchev–Trinajstić information content (AvgIpc) is 2.38. The largest absolute Gasteiger partial charge is 0.481 e. The first-order valence-electron chi connectivity index (χ1n) is 6.47. The van der Waals surface area contributed by atoms with Crippen molar-refractivity contribution >= 4 is 27.8 Å². The van der Waals surface area contributed by atoms with Crippen molar-refractivity contribution in [3.05, 3.63) is 34.1 Å². The number of aliphatic carboxylic acids is 1. The normalized spacial score (nSPS) is 18.9. The van der Waals surface area contributed by atoms with Gasteiger partial charge in [0.25, 0.3) is 5.91 Å². The second-order valence-corrected chi connectivity index (χ2v) is 5.72. The van der Waals surface area contributed by atoms with E-state index in [9.17, 15) is 14.0 Å². The van der Waals surface area contributed by atoms with Gasteiger partial charge in [-0.25, -0.2) is 4.39 Å². The second-order valence-electron chi connectivity index (χ2n) is 4.87. The van der Waals surface area contributed by atoms with Crippen molar-refractivity contribution in [1.82, 2.24) is 4.90 Å². The van der Waals surface area contributed by atoms with E-state index in [1.165, 1.54) is 18.2 Å². The minimum atomic E-state index is -0.909. The Hall–Kier alpha value is -1.43. The number of carbonyl (C=O) groups is 2. The van der Waals surface area contributed by atoms with E-state index in [4.69, 9.17) is 5.11 Å². The van der Waals surface area contributed by atoms with E-state index < -0.39 is 11.8 Å². The Balaban J connectivity index is 2.22. The first-order chi connectivity index (χ1) is 9.49. The number of rotatable bonds is 3. The molecule has 0 spiro atoms. The summed E-state index contributed by atoms with van der Waals surface area (Å²) in [7, 11) is 0. The summed E-state index contributed by atoms with van der Waals surface area (Å²) in [6.45, 7) is 0.542. The van der Waals surface area contributed by atoms with Crippen LogP contribution in [0.25, 0.3) is 0 Å². The highest BCUT2D eigenvalue weighted by Crippen LogP contribution is 2.25. The highest BCUT2D eigenvalue weighted by Gasteiger charge is 2.29. The maximum Gasteiger partial charge on any atom is 0.305 e. The maximum absolute atomic E-state index is 13.1. The van der Waals surface area contributed by atoms with Crippen molar-refractivity contribution in [3.8, 4) is 0 Å². The van der Waals surface area contributed by atoms with Gasteiger partial charge >= 0.3 is 5.97 Å². The van der Waals surface area contributed by atoms with E-state index in [0.717, 1.165) is 12.8 Å². The number of carboxylic acid groups (broad SMARTS) is 1. The average molecular weight is 344 g/mol. The standard InChI is InChI=1S/C14H15BrFNO3/c15-12-7-9(16)4-5-11(12)14(20)17-6-2-1-3-10(17)8-13(18)19/h4-5,7,10H,1-3,6,8H2,(H,18,19). The molecule has 1 fully saturated rings. The molecule has 0 aliphatic carbocycles. The third-order valence-corrected chi connectivity index (χ3v) is 4.12. The lowest BCUT2D eigenvalue weighted by Crippen LogP contribution is -2.44. The highest BCUT2D eigenvalue weighted by atomic mass is 79.9. The van der Waals surface area contributed by atoms with Crippen LogP contribution in [0.5, 0.6) is 0 Å². The number of benzene rings is 1. The first-order valence-corrected chi connectivity index (χ1v) is 7.26. The Kier molecular flexibility index (Phi) is 4.75.